The van der Waals surface area contributed by atoms with Gasteiger partial charge in [0.25, 0.3) is 0 Å². The van der Waals surface area contributed by atoms with Crippen LogP contribution < -0.4 is 28.5 Å². The number of para-hydroxylation sites is 2. The number of phenols is 1. The Hall–Kier alpha value is -1.27. The molecule has 0 unspecified atom stereocenters. The van der Waals surface area contributed by atoms with E-state index in [1.807, 2.05) is 18.2 Å². The van der Waals surface area contributed by atoms with Crippen LogP contribution in [0.3, 0.4) is 0 Å². The second-order valence-corrected chi connectivity index (χ2v) is 9.47. The molecule has 1 aromatic heterocycles. The lowest BCUT2D eigenvalue weighted by atomic mass is 9.85. The number of hydrogen-bond donors (Lipinski definition) is 1. The van der Waals surface area contributed by atoms with E-state index in [9.17, 15) is 5.11 Å². The van der Waals surface area contributed by atoms with Crippen LogP contribution in [0.25, 0.3) is 10.9 Å². The topological polar surface area (TPSA) is 24.1 Å². The van der Waals surface area contributed by atoms with Crippen LogP contribution in [0.4, 0.5) is 0 Å². The number of unbranched alkanes of at least 4 members (excludes halogenated alkanes) is 2. The Kier molecular flexibility index (Phi) is 9.31. The summed E-state index contributed by atoms with van der Waals surface area (Å²) in [4.78, 5) is 2.08. The zero-order valence-electron chi connectivity index (χ0n) is 17.6. The molecule has 1 aliphatic carbocycles. The number of rotatable bonds is 8. The molecule has 1 fully saturated rings. The normalized spacial score (nSPS) is 14.5. The van der Waals surface area contributed by atoms with Gasteiger partial charge in [0.15, 0.2) is 6.20 Å². The molecular weight excluding hydrogens is 501 g/mol. The highest BCUT2D eigenvalue weighted by Gasteiger charge is 2.15. The molecule has 1 heterocycles. The number of aromatic hydroxyl groups is 1. The van der Waals surface area contributed by atoms with Crippen LogP contribution in [0.2, 0.25) is 0 Å². The summed E-state index contributed by atoms with van der Waals surface area (Å²) in [6.45, 7) is 1.06. The maximum atomic E-state index is 10.1. The molecule has 0 amide bonds. The SMILES string of the molecule is Oc1ccccc1Sc1cc2ccccc2[n+](CCCCCC2CCCCC2)c1.[I-]. The lowest BCUT2D eigenvalue weighted by Crippen LogP contribution is -3.00. The van der Waals surface area contributed by atoms with E-state index in [1.165, 1.54) is 73.6 Å². The zero-order valence-corrected chi connectivity index (χ0v) is 20.6. The van der Waals surface area contributed by atoms with Crippen LogP contribution >= 0.6 is 11.8 Å². The van der Waals surface area contributed by atoms with Crippen LogP contribution in [0.1, 0.15) is 57.8 Å². The number of hydrogen-bond acceptors (Lipinski definition) is 2. The summed E-state index contributed by atoms with van der Waals surface area (Å²) in [6.07, 6.45) is 14.9. The van der Waals surface area contributed by atoms with Gasteiger partial charge in [-0.2, -0.15) is 4.57 Å². The Morgan fingerprint density at radius 1 is 0.900 bits per heavy atom. The molecule has 0 spiro atoms. The van der Waals surface area contributed by atoms with Crippen LogP contribution in [0.5, 0.6) is 5.75 Å². The Labute approximate surface area is 202 Å². The molecule has 1 aliphatic rings. The first-order valence-electron chi connectivity index (χ1n) is 11.2. The van der Waals surface area contributed by atoms with E-state index in [0.29, 0.717) is 5.75 Å². The summed E-state index contributed by atoms with van der Waals surface area (Å²) in [5, 5.41) is 11.4. The molecule has 0 atom stereocenters. The largest absolute Gasteiger partial charge is 1.00 e. The van der Waals surface area contributed by atoms with Gasteiger partial charge in [-0.05, 0) is 36.6 Å². The second kappa shape index (κ2) is 11.9. The standard InChI is InChI=1S/C26H31NOS.HI/c28-25-16-8-9-17-26(25)29-23-19-22-14-6-7-15-24(22)27(20-23)18-10-2-5-13-21-11-3-1-4-12-21;/h6-9,14-17,19-21H,1-5,10-13,18H2;1H. The van der Waals surface area contributed by atoms with Gasteiger partial charge in [-0.25, -0.2) is 0 Å². The number of aryl methyl sites for hydroxylation is 1. The molecule has 3 aromatic rings. The van der Waals surface area contributed by atoms with Crippen LogP contribution in [-0.2, 0) is 6.54 Å². The smallest absolute Gasteiger partial charge is 0.212 e. The van der Waals surface area contributed by atoms with E-state index in [0.717, 1.165) is 17.4 Å². The molecule has 4 rings (SSSR count). The first-order chi connectivity index (χ1) is 14.3. The van der Waals surface area contributed by atoms with E-state index < -0.39 is 0 Å². The van der Waals surface area contributed by atoms with Gasteiger partial charge in [-0.15, -0.1) is 0 Å². The molecule has 160 valence electrons. The van der Waals surface area contributed by atoms with Crippen molar-refractivity contribution in [2.45, 2.75) is 74.1 Å². The average molecular weight is 534 g/mol. The van der Waals surface area contributed by atoms with Crippen molar-refractivity contribution in [3.63, 3.8) is 0 Å². The third-order valence-corrected chi connectivity index (χ3v) is 7.18. The fraction of sp³-hybridized carbons (Fsp3) is 0.423. The lowest BCUT2D eigenvalue weighted by Gasteiger charge is -2.21. The summed E-state index contributed by atoms with van der Waals surface area (Å²) in [5.41, 5.74) is 1.29. The van der Waals surface area contributed by atoms with Gasteiger partial charge in [-0.3, -0.25) is 0 Å². The Morgan fingerprint density at radius 3 is 2.50 bits per heavy atom. The van der Waals surface area contributed by atoms with E-state index in [4.69, 9.17) is 0 Å². The fourth-order valence-corrected chi connectivity index (χ4v) is 5.50. The van der Waals surface area contributed by atoms with Crippen LogP contribution in [0, 0.1) is 5.92 Å². The predicted molar refractivity (Wildman–Crippen MR) is 121 cm³/mol. The van der Waals surface area contributed by atoms with Crippen LogP contribution in [0.15, 0.2) is 70.6 Å². The van der Waals surface area contributed by atoms with E-state index in [1.54, 1.807) is 17.8 Å². The van der Waals surface area contributed by atoms with Gasteiger partial charge in [0.2, 0.25) is 5.52 Å². The number of benzene rings is 2. The summed E-state index contributed by atoms with van der Waals surface area (Å²) < 4.78 is 2.40. The monoisotopic (exact) mass is 533 g/mol. The third-order valence-electron chi connectivity index (χ3n) is 6.16. The molecule has 1 saturated carbocycles. The Balaban J connectivity index is 0.00000256. The lowest BCUT2D eigenvalue weighted by molar-refractivity contribution is -0.673. The first kappa shape index (κ1) is 23.4. The van der Waals surface area contributed by atoms with Crippen LogP contribution in [-0.4, -0.2) is 5.11 Å². The minimum absolute atomic E-state index is 0. The molecular formula is C26H32INOS. The highest BCUT2D eigenvalue weighted by Crippen LogP contribution is 2.34. The average Bonchev–Trinajstić information content (AvgIpc) is 2.76. The fourth-order valence-electron chi connectivity index (χ4n) is 4.56. The number of pyridine rings is 1. The minimum Gasteiger partial charge on any atom is -1.00 e. The van der Waals surface area contributed by atoms with Crippen molar-refractivity contribution in [2.24, 2.45) is 5.92 Å². The Bertz CT molecular complexity index is 939. The minimum atomic E-state index is 0. The summed E-state index contributed by atoms with van der Waals surface area (Å²) in [6, 6.07) is 18.4. The molecule has 0 radical (unpaired) electrons. The van der Waals surface area contributed by atoms with Crippen molar-refractivity contribution in [3.05, 3.63) is 60.8 Å². The molecule has 0 saturated heterocycles. The third kappa shape index (κ3) is 6.36. The van der Waals surface area contributed by atoms with Gasteiger partial charge in [0, 0.05) is 17.9 Å². The van der Waals surface area contributed by atoms with Crippen molar-refractivity contribution in [3.8, 4) is 5.75 Å². The number of phenolic OH excluding ortho intramolecular Hbond substituents is 1. The van der Waals surface area contributed by atoms with Crippen molar-refractivity contribution in [1.29, 1.82) is 0 Å². The van der Waals surface area contributed by atoms with Crippen molar-refractivity contribution >= 4 is 22.7 Å². The van der Waals surface area contributed by atoms with Crippen molar-refractivity contribution in [2.75, 3.05) is 0 Å². The van der Waals surface area contributed by atoms with Crippen molar-refractivity contribution < 1.29 is 33.7 Å². The molecule has 2 aromatic carbocycles. The van der Waals surface area contributed by atoms with E-state index >= 15 is 0 Å². The predicted octanol–water partition coefficient (Wildman–Crippen LogP) is 4.13. The quantitative estimate of drug-likeness (QED) is 0.268. The van der Waals surface area contributed by atoms with Gasteiger partial charge in [0.1, 0.15) is 12.3 Å². The number of nitrogens with zero attached hydrogens (tertiary/aromatic N) is 1. The molecule has 0 aliphatic heterocycles. The maximum absolute atomic E-state index is 10.1. The highest BCUT2D eigenvalue weighted by molar-refractivity contribution is 7.99. The van der Waals surface area contributed by atoms with E-state index in [-0.39, 0.29) is 24.0 Å². The molecule has 0 bridgehead atoms. The van der Waals surface area contributed by atoms with Gasteiger partial charge >= 0.3 is 0 Å². The van der Waals surface area contributed by atoms with Gasteiger partial charge in [-0.1, -0.05) is 81.0 Å². The molecule has 4 heteroatoms. The second-order valence-electron chi connectivity index (χ2n) is 8.35. The zero-order chi connectivity index (χ0) is 19.9. The first-order valence-corrected chi connectivity index (χ1v) is 12.0. The van der Waals surface area contributed by atoms with E-state index in [2.05, 4.69) is 41.1 Å². The molecule has 30 heavy (non-hydrogen) atoms. The highest BCUT2D eigenvalue weighted by atomic mass is 127. The molecule has 2 nitrogen and oxygen atoms in total. The summed E-state index contributed by atoms with van der Waals surface area (Å²) >= 11 is 1.63. The Morgan fingerprint density at radius 2 is 1.67 bits per heavy atom. The van der Waals surface area contributed by atoms with Gasteiger partial charge < -0.3 is 29.1 Å². The van der Waals surface area contributed by atoms with Crippen molar-refractivity contribution in [1.82, 2.24) is 0 Å². The molecule has 1 N–H and O–H groups in total. The number of halogens is 1. The maximum Gasteiger partial charge on any atom is 0.212 e. The summed E-state index contributed by atoms with van der Waals surface area (Å²) in [7, 11) is 0. The summed E-state index contributed by atoms with van der Waals surface area (Å²) in [5.74, 6) is 1.34. The van der Waals surface area contributed by atoms with Gasteiger partial charge in [0.05, 0.1) is 9.79 Å². The number of aromatic nitrogens is 1. The number of fused-ring (bicyclic) bond motifs is 1.